The van der Waals surface area contributed by atoms with Gasteiger partial charge in [-0.2, -0.15) is 16.7 Å². The van der Waals surface area contributed by atoms with E-state index in [1.54, 1.807) is 18.5 Å². The first-order valence-corrected chi connectivity index (χ1v) is 8.66. The zero-order chi connectivity index (χ0) is 13.9. The lowest BCUT2D eigenvalue weighted by Crippen LogP contribution is -2.19. The Kier molecular flexibility index (Phi) is 4.16. The molecule has 7 heteroatoms. The predicted molar refractivity (Wildman–Crippen MR) is 83.7 cm³/mol. The molecule has 106 valence electrons. The molecule has 0 aromatic carbocycles. The molecule has 0 radical (unpaired) electrons. The van der Waals surface area contributed by atoms with Crippen LogP contribution in [0.3, 0.4) is 0 Å². The van der Waals surface area contributed by atoms with E-state index in [2.05, 4.69) is 22.0 Å². The fraction of sp³-hybridized carbons (Fsp3) is 0.462. The van der Waals surface area contributed by atoms with Gasteiger partial charge in [0.25, 0.3) is 5.89 Å². The Morgan fingerprint density at radius 1 is 1.40 bits per heavy atom. The van der Waals surface area contributed by atoms with Crippen LogP contribution in [0.4, 0.5) is 5.69 Å². The standard InChI is InChI=1S/C13H16N4OS2/c1-2-10-11(20-6-5-19-10)12-16-13(18-17-12)8-3-4-15-7-9(8)14/h3-4,7,10-11H,2,5-6,14H2,1H3. The number of hydrogen-bond acceptors (Lipinski definition) is 7. The fourth-order valence-electron chi connectivity index (χ4n) is 2.20. The molecule has 0 aliphatic carbocycles. The molecule has 1 aliphatic rings. The van der Waals surface area contributed by atoms with E-state index < -0.39 is 0 Å². The van der Waals surface area contributed by atoms with Crippen LogP contribution < -0.4 is 5.73 Å². The molecule has 1 fully saturated rings. The van der Waals surface area contributed by atoms with Crippen molar-refractivity contribution in [3.63, 3.8) is 0 Å². The molecule has 2 N–H and O–H groups in total. The van der Waals surface area contributed by atoms with E-state index in [9.17, 15) is 0 Å². The van der Waals surface area contributed by atoms with Crippen molar-refractivity contribution >= 4 is 29.2 Å². The third-order valence-electron chi connectivity index (χ3n) is 3.23. The van der Waals surface area contributed by atoms with Crippen molar-refractivity contribution in [2.75, 3.05) is 17.2 Å². The first kappa shape index (κ1) is 13.8. The molecule has 1 saturated heterocycles. The van der Waals surface area contributed by atoms with Gasteiger partial charge in [-0.3, -0.25) is 4.98 Å². The number of nitrogen functional groups attached to an aromatic ring is 1. The Balaban J connectivity index is 1.88. The summed E-state index contributed by atoms with van der Waals surface area (Å²) >= 11 is 3.91. The molecule has 5 nitrogen and oxygen atoms in total. The summed E-state index contributed by atoms with van der Waals surface area (Å²) in [6.07, 6.45) is 4.39. The first-order valence-electron chi connectivity index (χ1n) is 6.56. The summed E-state index contributed by atoms with van der Waals surface area (Å²) in [5, 5.41) is 5.01. The monoisotopic (exact) mass is 308 g/mol. The van der Waals surface area contributed by atoms with Crippen molar-refractivity contribution < 1.29 is 4.52 Å². The lowest BCUT2D eigenvalue weighted by atomic mass is 10.2. The van der Waals surface area contributed by atoms with Gasteiger partial charge in [0.05, 0.1) is 22.7 Å². The van der Waals surface area contributed by atoms with Gasteiger partial charge in [0.1, 0.15) is 0 Å². The minimum Gasteiger partial charge on any atom is -0.397 e. The highest BCUT2D eigenvalue weighted by molar-refractivity contribution is 8.06. The van der Waals surface area contributed by atoms with Crippen LogP contribution in [0.5, 0.6) is 0 Å². The lowest BCUT2D eigenvalue weighted by Gasteiger charge is -2.27. The van der Waals surface area contributed by atoms with Crippen LogP contribution in [0, 0.1) is 0 Å². The number of nitrogens with zero attached hydrogens (tertiary/aromatic N) is 3. The van der Waals surface area contributed by atoms with Crippen molar-refractivity contribution in [2.45, 2.75) is 23.8 Å². The van der Waals surface area contributed by atoms with E-state index in [0.717, 1.165) is 23.6 Å². The van der Waals surface area contributed by atoms with Crippen LogP contribution in [-0.4, -0.2) is 31.9 Å². The smallest absolute Gasteiger partial charge is 0.260 e. The van der Waals surface area contributed by atoms with Gasteiger partial charge in [-0.05, 0) is 12.5 Å². The Hall–Kier alpha value is -1.21. The van der Waals surface area contributed by atoms with E-state index in [4.69, 9.17) is 10.3 Å². The van der Waals surface area contributed by atoms with Gasteiger partial charge >= 0.3 is 0 Å². The highest BCUT2D eigenvalue weighted by atomic mass is 32.2. The SMILES string of the molecule is CCC1SCCSC1c1noc(-c2ccncc2N)n1. The molecule has 3 heterocycles. The maximum Gasteiger partial charge on any atom is 0.260 e. The van der Waals surface area contributed by atoms with Crippen molar-refractivity contribution in [1.82, 2.24) is 15.1 Å². The van der Waals surface area contributed by atoms with Gasteiger partial charge in [-0.25, -0.2) is 0 Å². The molecular formula is C13H16N4OS2. The molecule has 0 amide bonds. The Morgan fingerprint density at radius 3 is 3.05 bits per heavy atom. The minimum absolute atomic E-state index is 0.305. The Labute approximate surface area is 126 Å². The van der Waals surface area contributed by atoms with Gasteiger partial charge < -0.3 is 10.3 Å². The molecule has 3 rings (SSSR count). The molecular weight excluding hydrogens is 292 g/mol. The van der Waals surface area contributed by atoms with Gasteiger partial charge in [0.15, 0.2) is 5.82 Å². The third kappa shape index (κ3) is 2.64. The number of anilines is 1. The minimum atomic E-state index is 0.305. The Morgan fingerprint density at radius 2 is 2.25 bits per heavy atom. The summed E-state index contributed by atoms with van der Waals surface area (Å²) in [6.45, 7) is 2.21. The van der Waals surface area contributed by atoms with Crippen LogP contribution in [-0.2, 0) is 0 Å². The number of thioether (sulfide) groups is 2. The second-order valence-corrected chi connectivity index (χ2v) is 7.13. The number of pyridine rings is 1. The van der Waals surface area contributed by atoms with Crippen molar-refractivity contribution in [1.29, 1.82) is 0 Å². The predicted octanol–water partition coefficient (Wildman–Crippen LogP) is 3.01. The van der Waals surface area contributed by atoms with Crippen LogP contribution >= 0.6 is 23.5 Å². The van der Waals surface area contributed by atoms with Crippen molar-refractivity contribution in [2.24, 2.45) is 0 Å². The van der Waals surface area contributed by atoms with Crippen molar-refractivity contribution in [3.05, 3.63) is 24.3 Å². The topological polar surface area (TPSA) is 77.8 Å². The summed E-state index contributed by atoms with van der Waals surface area (Å²) in [5.74, 6) is 3.58. The fourth-order valence-corrected chi connectivity index (χ4v) is 5.19. The van der Waals surface area contributed by atoms with Gasteiger partial charge in [0.2, 0.25) is 0 Å². The van der Waals surface area contributed by atoms with Gasteiger partial charge in [-0.15, -0.1) is 11.8 Å². The third-order valence-corrected chi connectivity index (χ3v) is 6.47. The number of aromatic nitrogens is 3. The maximum atomic E-state index is 5.89. The molecule has 1 aliphatic heterocycles. The second-order valence-electron chi connectivity index (χ2n) is 4.53. The summed E-state index contributed by atoms with van der Waals surface area (Å²) < 4.78 is 5.39. The summed E-state index contributed by atoms with van der Waals surface area (Å²) in [7, 11) is 0. The van der Waals surface area contributed by atoms with Crippen LogP contribution in [0.1, 0.15) is 24.4 Å². The molecule has 0 saturated carbocycles. The molecule has 2 unspecified atom stereocenters. The van der Waals surface area contributed by atoms with Gasteiger partial charge in [-0.1, -0.05) is 12.1 Å². The van der Waals surface area contributed by atoms with E-state index in [0.29, 0.717) is 22.1 Å². The first-order chi connectivity index (χ1) is 9.79. The average molecular weight is 308 g/mol. The number of rotatable bonds is 3. The molecule has 2 aromatic rings. The largest absolute Gasteiger partial charge is 0.397 e. The Bertz CT molecular complexity index is 589. The van der Waals surface area contributed by atoms with Crippen LogP contribution in [0.25, 0.3) is 11.5 Å². The maximum absolute atomic E-state index is 5.89. The second kappa shape index (κ2) is 6.05. The summed E-state index contributed by atoms with van der Waals surface area (Å²) in [6, 6.07) is 1.80. The van der Waals surface area contributed by atoms with E-state index in [1.807, 2.05) is 23.5 Å². The zero-order valence-corrected chi connectivity index (χ0v) is 12.8. The molecule has 20 heavy (non-hydrogen) atoms. The zero-order valence-electron chi connectivity index (χ0n) is 11.2. The van der Waals surface area contributed by atoms with Crippen molar-refractivity contribution in [3.8, 4) is 11.5 Å². The molecule has 2 atom stereocenters. The average Bonchev–Trinajstić information content (AvgIpc) is 2.97. The van der Waals surface area contributed by atoms with Gasteiger partial charge in [0, 0.05) is 23.0 Å². The number of nitrogens with two attached hydrogens (primary N) is 1. The highest BCUT2D eigenvalue weighted by Gasteiger charge is 2.30. The van der Waals surface area contributed by atoms with E-state index in [-0.39, 0.29) is 0 Å². The summed E-state index contributed by atoms with van der Waals surface area (Å²) in [4.78, 5) is 8.51. The van der Waals surface area contributed by atoms with Crippen LogP contribution in [0.15, 0.2) is 23.0 Å². The molecule has 0 spiro atoms. The van der Waals surface area contributed by atoms with E-state index >= 15 is 0 Å². The quantitative estimate of drug-likeness (QED) is 0.933. The number of hydrogen-bond donors (Lipinski definition) is 1. The van der Waals surface area contributed by atoms with Crippen LogP contribution in [0.2, 0.25) is 0 Å². The summed E-state index contributed by atoms with van der Waals surface area (Å²) in [5.41, 5.74) is 7.20. The van der Waals surface area contributed by atoms with E-state index in [1.165, 1.54) is 5.75 Å². The normalized spacial score (nSPS) is 22.9. The molecule has 2 aromatic heterocycles. The molecule has 0 bridgehead atoms. The highest BCUT2D eigenvalue weighted by Crippen LogP contribution is 2.43. The lowest BCUT2D eigenvalue weighted by molar-refractivity contribution is 0.421.